The van der Waals surface area contributed by atoms with Crippen molar-refractivity contribution < 1.29 is 0 Å². The van der Waals surface area contributed by atoms with Crippen molar-refractivity contribution in [1.82, 2.24) is 4.98 Å². The Morgan fingerprint density at radius 2 is 1.86 bits per heavy atom. The Labute approximate surface area is 87.6 Å². The fourth-order valence-electron chi connectivity index (χ4n) is 1.36. The van der Waals surface area contributed by atoms with E-state index in [1.165, 1.54) is 0 Å². The Morgan fingerprint density at radius 3 is 2.29 bits per heavy atom. The second-order valence-corrected chi connectivity index (χ2v) is 3.15. The van der Waals surface area contributed by atoms with Crippen molar-refractivity contribution in [3.05, 3.63) is 27.5 Å². The van der Waals surface area contributed by atoms with Crippen LogP contribution in [-0.2, 0) is 6.42 Å². The van der Waals surface area contributed by atoms with Gasteiger partial charge >= 0.3 is 0 Å². The molecule has 0 bridgehead atoms. The van der Waals surface area contributed by atoms with Gasteiger partial charge in [-0.3, -0.25) is 0 Å². The van der Waals surface area contributed by atoms with Crippen LogP contribution >= 0.6 is 11.6 Å². The summed E-state index contributed by atoms with van der Waals surface area (Å²) >= 11 is 5.76. The molecule has 1 rings (SSSR count). The van der Waals surface area contributed by atoms with Gasteiger partial charge in [0.25, 0.3) is 0 Å². The van der Waals surface area contributed by atoms with Gasteiger partial charge in [-0.25, -0.2) is 4.98 Å². The smallest absolute Gasteiger partial charge is 0.148 e. The van der Waals surface area contributed by atoms with Crippen molar-refractivity contribution in [2.75, 3.05) is 0 Å². The molecule has 1 aromatic heterocycles. The topological polar surface area (TPSA) is 60.5 Å². The molecular formula is C10H8ClN3. The Hall–Kier alpha value is -1.58. The summed E-state index contributed by atoms with van der Waals surface area (Å²) in [6.07, 6.45) is 0.674. The maximum Gasteiger partial charge on any atom is 0.148 e. The van der Waals surface area contributed by atoms with Crippen LogP contribution in [0.15, 0.2) is 0 Å². The van der Waals surface area contributed by atoms with Gasteiger partial charge in [0.1, 0.15) is 22.9 Å². The van der Waals surface area contributed by atoms with Gasteiger partial charge in [0, 0.05) is 5.69 Å². The van der Waals surface area contributed by atoms with Crippen molar-refractivity contribution >= 4 is 11.6 Å². The highest BCUT2D eigenvalue weighted by Gasteiger charge is 2.14. The predicted octanol–water partition coefficient (Wildman–Crippen LogP) is 2.35. The molecule has 0 fully saturated rings. The zero-order valence-corrected chi connectivity index (χ0v) is 8.68. The fraction of sp³-hybridized carbons (Fsp3) is 0.300. The molecule has 0 radical (unpaired) electrons. The van der Waals surface area contributed by atoms with Crippen LogP contribution in [0.4, 0.5) is 0 Å². The average Bonchev–Trinajstić information content (AvgIpc) is 2.16. The summed E-state index contributed by atoms with van der Waals surface area (Å²) in [6.45, 7) is 3.70. The highest BCUT2D eigenvalue weighted by molar-refractivity contribution is 6.30. The third kappa shape index (κ3) is 1.55. The van der Waals surface area contributed by atoms with Crippen molar-refractivity contribution in [3.63, 3.8) is 0 Å². The van der Waals surface area contributed by atoms with Crippen LogP contribution in [0.25, 0.3) is 0 Å². The maximum atomic E-state index is 8.92. The lowest BCUT2D eigenvalue weighted by Crippen LogP contribution is -2.00. The number of aryl methyl sites for hydroxylation is 1. The largest absolute Gasteiger partial charge is 0.240 e. The Balaban J connectivity index is 3.64. The number of pyridine rings is 1. The summed E-state index contributed by atoms with van der Waals surface area (Å²) in [6, 6.07) is 3.90. The van der Waals surface area contributed by atoms with Gasteiger partial charge in [-0.1, -0.05) is 18.5 Å². The van der Waals surface area contributed by atoms with Gasteiger partial charge in [0.2, 0.25) is 0 Å². The summed E-state index contributed by atoms with van der Waals surface area (Å²) < 4.78 is 0. The highest BCUT2D eigenvalue weighted by atomic mass is 35.5. The molecule has 0 amide bonds. The van der Waals surface area contributed by atoms with Gasteiger partial charge in [-0.2, -0.15) is 10.5 Å². The molecule has 1 heterocycles. The third-order valence-electron chi connectivity index (χ3n) is 2.04. The monoisotopic (exact) mass is 205 g/mol. The van der Waals surface area contributed by atoms with Gasteiger partial charge in [0.05, 0.1) is 5.56 Å². The molecule has 14 heavy (non-hydrogen) atoms. The van der Waals surface area contributed by atoms with E-state index in [1.807, 2.05) is 19.1 Å². The molecule has 1 aromatic rings. The standard InChI is InChI=1S/C10H8ClN3/c1-3-7-6(2)14-10(11)9(5-13)8(7)4-12/h3H2,1-2H3. The maximum absolute atomic E-state index is 8.92. The molecule has 0 atom stereocenters. The van der Waals surface area contributed by atoms with E-state index in [1.54, 1.807) is 6.92 Å². The number of aromatic nitrogens is 1. The Bertz CT molecular complexity index is 452. The van der Waals surface area contributed by atoms with Crippen LogP contribution in [0.1, 0.15) is 29.3 Å². The SMILES string of the molecule is CCc1c(C)nc(Cl)c(C#N)c1C#N. The first-order valence-corrected chi connectivity index (χ1v) is 4.52. The number of hydrogen-bond donors (Lipinski definition) is 0. The fourth-order valence-corrected chi connectivity index (χ4v) is 1.63. The van der Waals surface area contributed by atoms with E-state index >= 15 is 0 Å². The second kappa shape index (κ2) is 4.09. The average molecular weight is 206 g/mol. The number of nitriles is 2. The quantitative estimate of drug-likeness (QED) is 0.662. The summed E-state index contributed by atoms with van der Waals surface area (Å²) in [5.41, 5.74) is 2.05. The number of nitrogens with zero attached hydrogens (tertiary/aromatic N) is 3. The Morgan fingerprint density at radius 1 is 1.29 bits per heavy atom. The number of halogens is 1. The molecule has 0 saturated carbocycles. The lowest BCUT2D eigenvalue weighted by molar-refractivity contribution is 1.03. The summed E-state index contributed by atoms with van der Waals surface area (Å²) in [5, 5.41) is 17.8. The predicted molar refractivity (Wildman–Crippen MR) is 52.8 cm³/mol. The van der Waals surface area contributed by atoms with E-state index in [0.717, 1.165) is 5.56 Å². The Kier molecular flexibility index (Phi) is 3.06. The molecule has 0 aliphatic heterocycles. The van der Waals surface area contributed by atoms with Gasteiger partial charge in [-0.05, 0) is 18.9 Å². The van der Waals surface area contributed by atoms with Crippen molar-refractivity contribution in [2.24, 2.45) is 0 Å². The van der Waals surface area contributed by atoms with Crippen LogP contribution in [0, 0.1) is 29.6 Å². The van der Waals surface area contributed by atoms with Crippen LogP contribution in [0.3, 0.4) is 0 Å². The third-order valence-corrected chi connectivity index (χ3v) is 2.31. The molecule has 0 aliphatic carbocycles. The van der Waals surface area contributed by atoms with Gasteiger partial charge in [0.15, 0.2) is 0 Å². The molecule has 0 spiro atoms. The van der Waals surface area contributed by atoms with E-state index in [-0.39, 0.29) is 10.7 Å². The normalized spacial score (nSPS) is 9.21. The van der Waals surface area contributed by atoms with Crippen molar-refractivity contribution in [2.45, 2.75) is 20.3 Å². The molecule has 0 unspecified atom stereocenters. The molecule has 3 nitrogen and oxygen atoms in total. The summed E-state index contributed by atoms with van der Waals surface area (Å²) in [5.74, 6) is 0. The minimum atomic E-state index is 0.110. The molecule has 4 heteroatoms. The first-order chi connectivity index (χ1) is 6.65. The van der Waals surface area contributed by atoms with E-state index in [2.05, 4.69) is 4.98 Å². The molecule has 0 N–H and O–H groups in total. The zero-order chi connectivity index (χ0) is 10.7. The summed E-state index contributed by atoms with van der Waals surface area (Å²) in [7, 11) is 0. The van der Waals surface area contributed by atoms with E-state index in [0.29, 0.717) is 17.7 Å². The molecular weight excluding hydrogens is 198 g/mol. The molecule has 0 aromatic carbocycles. The van der Waals surface area contributed by atoms with Crippen LogP contribution in [0.5, 0.6) is 0 Å². The first kappa shape index (κ1) is 10.5. The lowest BCUT2D eigenvalue weighted by Gasteiger charge is -2.07. The first-order valence-electron chi connectivity index (χ1n) is 4.14. The minimum Gasteiger partial charge on any atom is -0.240 e. The zero-order valence-electron chi connectivity index (χ0n) is 7.93. The highest BCUT2D eigenvalue weighted by Crippen LogP contribution is 2.22. The lowest BCUT2D eigenvalue weighted by atomic mass is 10.0. The number of rotatable bonds is 1. The van der Waals surface area contributed by atoms with E-state index < -0.39 is 0 Å². The molecule has 0 aliphatic rings. The van der Waals surface area contributed by atoms with Crippen LogP contribution < -0.4 is 0 Å². The number of hydrogen-bond acceptors (Lipinski definition) is 3. The minimum absolute atomic E-state index is 0.110. The van der Waals surface area contributed by atoms with E-state index in [9.17, 15) is 0 Å². The molecule has 0 saturated heterocycles. The molecule has 70 valence electrons. The van der Waals surface area contributed by atoms with Crippen molar-refractivity contribution in [1.29, 1.82) is 10.5 Å². The van der Waals surface area contributed by atoms with Crippen LogP contribution in [0.2, 0.25) is 5.15 Å². The van der Waals surface area contributed by atoms with Crippen LogP contribution in [-0.4, -0.2) is 4.98 Å². The van der Waals surface area contributed by atoms with E-state index in [4.69, 9.17) is 22.1 Å². The summed E-state index contributed by atoms with van der Waals surface area (Å²) in [4.78, 5) is 4.02. The van der Waals surface area contributed by atoms with Gasteiger partial charge in [-0.15, -0.1) is 0 Å². The van der Waals surface area contributed by atoms with Crippen molar-refractivity contribution in [3.8, 4) is 12.1 Å². The van der Waals surface area contributed by atoms with Gasteiger partial charge < -0.3 is 0 Å². The second-order valence-electron chi connectivity index (χ2n) is 2.79.